The Morgan fingerprint density at radius 3 is 2.79 bits per heavy atom. The molecule has 0 aromatic heterocycles. The molecule has 4 N–H and O–H groups in total. The number of carbonyl (C=O) groups is 2. The van der Waals surface area contributed by atoms with Crippen molar-refractivity contribution in [1.29, 1.82) is 0 Å². The zero-order chi connectivity index (χ0) is 14.5. The van der Waals surface area contributed by atoms with Crippen LogP contribution in [-0.4, -0.2) is 23.8 Å². The van der Waals surface area contributed by atoms with Gasteiger partial charge in [-0.25, -0.2) is 9.59 Å². The third kappa shape index (κ3) is 3.48. The molecule has 0 aliphatic heterocycles. The van der Waals surface area contributed by atoms with E-state index in [0.717, 1.165) is 0 Å². The van der Waals surface area contributed by atoms with Crippen LogP contribution < -0.4 is 11.1 Å². The molecule has 0 spiro atoms. The lowest BCUT2D eigenvalue weighted by atomic mass is 9.92. The quantitative estimate of drug-likeness (QED) is 0.552. The van der Waals surface area contributed by atoms with Crippen molar-refractivity contribution in [2.24, 2.45) is 0 Å². The molecule has 102 valence electrons. The first-order valence-electron chi connectivity index (χ1n) is 5.55. The van der Waals surface area contributed by atoms with Gasteiger partial charge in [0, 0.05) is 5.69 Å². The van der Waals surface area contributed by atoms with Crippen molar-refractivity contribution in [2.75, 3.05) is 12.3 Å². The molecule has 0 heterocycles. The molecular weight excluding hydrogens is 248 g/mol. The van der Waals surface area contributed by atoms with Gasteiger partial charge in [0.05, 0.1) is 0 Å². The molecule has 0 bridgehead atoms. The molecule has 0 saturated heterocycles. The molecule has 1 aromatic rings. The summed E-state index contributed by atoms with van der Waals surface area (Å²) in [7, 11) is 0. The SMILES string of the molecule is C=CCOC(=O)NC(C)(C(=O)O)c1cccc(N)c1. The second kappa shape index (κ2) is 5.90. The number of carboxylic acid groups (broad SMARTS) is 1. The van der Waals surface area contributed by atoms with Gasteiger partial charge in [0.1, 0.15) is 6.61 Å². The van der Waals surface area contributed by atoms with E-state index in [2.05, 4.69) is 11.9 Å². The highest BCUT2D eigenvalue weighted by molar-refractivity contribution is 5.85. The molecule has 1 unspecified atom stereocenters. The molecule has 0 aliphatic rings. The number of carboxylic acids is 1. The van der Waals surface area contributed by atoms with Crippen LogP contribution in [0.15, 0.2) is 36.9 Å². The van der Waals surface area contributed by atoms with Crippen molar-refractivity contribution < 1.29 is 19.4 Å². The Bertz CT molecular complexity index is 501. The van der Waals surface area contributed by atoms with E-state index in [0.29, 0.717) is 11.3 Å². The van der Waals surface area contributed by atoms with Crippen molar-refractivity contribution >= 4 is 17.7 Å². The number of rotatable bonds is 5. The van der Waals surface area contributed by atoms with Crippen LogP contribution in [0.4, 0.5) is 10.5 Å². The Hall–Kier alpha value is -2.50. The minimum absolute atomic E-state index is 0.00153. The summed E-state index contributed by atoms with van der Waals surface area (Å²) in [5.41, 5.74) is 4.76. The van der Waals surface area contributed by atoms with E-state index in [1.807, 2.05) is 0 Å². The van der Waals surface area contributed by atoms with Gasteiger partial charge in [0.2, 0.25) is 0 Å². The van der Waals surface area contributed by atoms with Crippen LogP contribution >= 0.6 is 0 Å². The smallest absolute Gasteiger partial charge is 0.408 e. The second-order valence-electron chi connectivity index (χ2n) is 4.07. The third-order valence-corrected chi connectivity index (χ3v) is 2.58. The van der Waals surface area contributed by atoms with E-state index in [1.54, 1.807) is 18.2 Å². The number of benzene rings is 1. The summed E-state index contributed by atoms with van der Waals surface area (Å²) in [6.07, 6.45) is 0.547. The van der Waals surface area contributed by atoms with E-state index in [9.17, 15) is 14.7 Å². The van der Waals surface area contributed by atoms with Gasteiger partial charge in [-0.15, -0.1) is 0 Å². The average Bonchev–Trinajstić information content (AvgIpc) is 2.36. The van der Waals surface area contributed by atoms with Gasteiger partial charge in [-0.2, -0.15) is 0 Å². The Morgan fingerprint density at radius 1 is 1.58 bits per heavy atom. The first-order valence-corrected chi connectivity index (χ1v) is 5.55. The van der Waals surface area contributed by atoms with Crippen LogP contribution in [0.3, 0.4) is 0 Å². The number of nitrogens with two attached hydrogens (primary N) is 1. The van der Waals surface area contributed by atoms with Crippen LogP contribution in [-0.2, 0) is 15.1 Å². The number of carbonyl (C=O) groups excluding carboxylic acids is 1. The molecule has 6 nitrogen and oxygen atoms in total. The van der Waals surface area contributed by atoms with Crippen molar-refractivity contribution in [1.82, 2.24) is 5.32 Å². The highest BCUT2D eigenvalue weighted by Crippen LogP contribution is 2.23. The molecule has 1 amide bonds. The third-order valence-electron chi connectivity index (χ3n) is 2.58. The largest absolute Gasteiger partial charge is 0.479 e. The Balaban J connectivity index is 3.01. The van der Waals surface area contributed by atoms with Gasteiger partial charge < -0.3 is 20.9 Å². The van der Waals surface area contributed by atoms with E-state index in [1.165, 1.54) is 19.1 Å². The van der Waals surface area contributed by atoms with Crippen LogP contribution in [0.1, 0.15) is 12.5 Å². The molecule has 1 rings (SSSR count). The molecule has 6 heteroatoms. The fraction of sp³-hybridized carbons (Fsp3) is 0.231. The summed E-state index contributed by atoms with van der Waals surface area (Å²) in [4.78, 5) is 22.9. The number of aliphatic carboxylic acids is 1. The monoisotopic (exact) mass is 264 g/mol. The standard InChI is InChI=1S/C13H16N2O4/c1-3-7-19-12(18)15-13(2,11(16)17)9-5-4-6-10(14)8-9/h3-6,8H,1,7,14H2,2H3,(H,15,18)(H,16,17). The fourth-order valence-electron chi connectivity index (χ4n) is 1.47. The van der Waals surface area contributed by atoms with Gasteiger partial charge in [-0.3, -0.25) is 0 Å². The Kier molecular flexibility index (Phi) is 4.52. The van der Waals surface area contributed by atoms with Gasteiger partial charge in [-0.05, 0) is 24.6 Å². The number of nitrogens with one attached hydrogen (secondary N) is 1. The molecule has 0 aliphatic carbocycles. The second-order valence-corrected chi connectivity index (χ2v) is 4.07. The zero-order valence-electron chi connectivity index (χ0n) is 10.6. The number of nitrogen functional groups attached to an aromatic ring is 1. The number of hydrogen-bond donors (Lipinski definition) is 3. The minimum atomic E-state index is -1.62. The van der Waals surface area contributed by atoms with Crippen molar-refractivity contribution in [3.63, 3.8) is 0 Å². The maximum atomic E-state index is 11.5. The Labute approximate surface area is 110 Å². The van der Waals surface area contributed by atoms with Crippen LogP contribution in [0.25, 0.3) is 0 Å². The molecular formula is C13H16N2O4. The average molecular weight is 264 g/mol. The van der Waals surface area contributed by atoms with Gasteiger partial charge in [0.25, 0.3) is 0 Å². The summed E-state index contributed by atoms with van der Waals surface area (Å²) < 4.78 is 4.73. The van der Waals surface area contributed by atoms with Crippen molar-refractivity contribution in [3.05, 3.63) is 42.5 Å². The lowest BCUT2D eigenvalue weighted by molar-refractivity contribution is -0.144. The normalized spacial score (nSPS) is 13.1. The van der Waals surface area contributed by atoms with Crippen LogP contribution in [0, 0.1) is 0 Å². The highest BCUT2D eigenvalue weighted by Gasteiger charge is 2.37. The van der Waals surface area contributed by atoms with E-state index in [-0.39, 0.29) is 6.61 Å². The maximum absolute atomic E-state index is 11.5. The molecule has 0 fully saturated rings. The lowest BCUT2D eigenvalue weighted by Crippen LogP contribution is -2.49. The van der Waals surface area contributed by atoms with E-state index < -0.39 is 17.6 Å². The van der Waals surface area contributed by atoms with Crippen LogP contribution in [0.5, 0.6) is 0 Å². The number of alkyl carbamates (subject to hydrolysis) is 1. The van der Waals surface area contributed by atoms with E-state index >= 15 is 0 Å². The zero-order valence-corrected chi connectivity index (χ0v) is 10.6. The summed E-state index contributed by atoms with van der Waals surface area (Å²) >= 11 is 0. The molecule has 0 radical (unpaired) electrons. The summed E-state index contributed by atoms with van der Waals surface area (Å²) in [6, 6.07) is 6.30. The summed E-state index contributed by atoms with van der Waals surface area (Å²) in [5, 5.41) is 11.6. The van der Waals surface area contributed by atoms with E-state index in [4.69, 9.17) is 10.5 Å². The van der Waals surface area contributed by atoms with Crippen LogP contribution in [0.2, 0.25) is 0 Å². The summed E-state index contributed by atoms with van der Waals surface area (Å²) in [5.74, 6) is -1.21. The number of anilines is 1. The molecule has 0 saturated carbocycles. The minimum Gasteiger partial charge on any atom is -0.479 e. The molecule has 1 aromatic carbocycles. The van der Waals surface area contributed by atoms with Gasteiger partial charge in [-0.1, -0.05) is 24.8 Å². The number of amides is 1. The van der Waals surface area contributed by atoms with Crippen molar-refractivity contribution in [3.8, 4) is 0 Å². The number of ether oxygens (including phenoxy) is 1. The summed E-state index contributed by atoms with van der Waals surface area (Å²) in [6.45, 7) is 4.76. The lowest BCUT2D eigenvalue weighted by Gasteiger charge is -2.26. The maximum Gasteiger partial charge on any atom is 0.408 e. The Morgan fingerprint density at radius 2 is 2.26 bits per heavy atom. The molecule has 19 heavy (non-hydrogen) atoms. The van der Waals surface area contributed by atoms with Gasteiger partial charge >= 0.3 is 12.1 Å². The number of hydrogen-bond acceptors (Lipinski definition) is 4. The predicted octanol–water partition coefficient (Wildman–Crippen LogP) is 1.48. The first-order chi connectivity index (χ1) is 8.90. The van der Waals surface area contributed by atoms with Crippen molar-refractivity contribution in [2.45, 2.75) is 12.5 Å². The van der Waals surface area contributed by atoms with Gasteiger partial charge in [0.15, 0.2) is 5.54 Å². The highest BCUT2D eigenvalue weighted by atomic mass is 16.5. The topological polar surface area (TPSA) is 102 Å². The first kappa shape index (κ1) is 14.6. The fourth-order valence-corrected chi connectivity index (χ4v) is 1.47. The predicted molar refractivity (Wildman–Crippen MR) is 70.5 cm³/mol. The molecule has 1 atom stereocenters.